The van der Waals surface area contributed by atoms with Crippen molar-refractivity contribution in [2.24, 2.45) is 0 Å². The third-order valence-corrected chi connectivity index (χ3v) is 5.89. The highest BCUT2D eigenvalue weighted by Gasteiger charge is 2.53. The maximum Gasteiger partial charge on any atom is 0.495 e. The van der Waals surface area contributed by atoms with Crippen molar-refractivity contribution in [2.75, 3.05) is 13.1 Å². The summed E-state index contributed by atoms with van der Waals surface area (Å²) in [6.45, 7) is 13.4. The van der Waals surface area contributed by atoms with Gasteiger partial charge in [0.05, 0.1) is 16.8 Å². The molecule has 0 saturated carbocycles. The molecule has 30 heavy (non-hydrogen) atoms. The van der Waals surface area contributed by atoms with Gasteiger partial charge in [0.1, 0.15) is 5.60 Å². The van der Waals surface area contributed by atoms with Gasteiger partial charge >= 0.3 is 19.4 Å². The summed E-state index contributed by atoms with van der Waals surface area (Å²) in [5.41, 5.74) is -1.53. The van der Waals surface area contributed by atoms with Gasteiger partial charge in [0, 0.05) is 19.0 Å². The first-order valence-corrected chi connectivity index (χ1v) is 10.0. The van der Waals surface area contributed by atoms with Gasteiger partial charge in [-0.05, 0) is 65.6 Å². The van der Waals surface area contributed by atoms with Crippen molar-refractivity contribution in [2.45, 2.75) is 77.4 Å². The molecule has 2 heterocycles. The van der Waals surface area contributed by atoms with Gasteiger partial charge in [0.25, 0.3) is 0 Å². The number of alkyl halides is 3. The smallest absolute Gasteiger partial charge is 0.444 e. The van der Waals surface area contributed by atoms with Crippen LogP contribution in [-0.2, 0) is 20.2 Å². The standard InChI is InChI=1S/C21H29BF3NO4/c1-18(2,3)28-17(27)26-11-13(12-26)15-10-14(21(23,24)25)8-9-16(15)22-29-19(4,5)20(6,7)30-22/h8-10,13H,11-12H2,1-7H3. The van der Waals surface area contributed by atoms with Gasteiger partial charge in [-0.3, -0.25) is 0 Å². The van der Waals surface area contributed by atoms with Crippen LogP contribution in [0.15, 0.2) is 18.2 Å². The van der Waals surface area contributed by atoms with E-state index in [0.29, 0.717) is 11.0 Å². The maximum absolute atomic E-state index is 13.4. The van der Waals surface area contributed by atoms with E-state index in [1.54, 1.807) is 20.8 Å². The molecule has 2 fully saturated rings. The zero-order chi connectivity index (χ0) is 22.7. The van der Waals surface area contributed by atoms with Gasteiger partial charge in [-0.15, -0.1) is 0 Å². The Bertz CT molecular complexity index is 811. The molecule has 0 aromatic heterocycles. The molecule has 5 nitrogen and oxygen atoms in total. The number of carbonyl (C=O) groups excluding carboxylic acids is 1. The number of hydrogen-bond acceptors (Lipinski definition) is 4. The predicted molar refractivity (Wildman–Crippen MR) is 108 cm³/mol. The van der Waals surface area contributed by atoms with Crippen LogP contribution in [0, 0.1) is 0 Å². The molecular formula is C21H29BF3NO4. The van der Waals surface area contributed by atoms with E-state index in [1.165, 1.54) is 11.0 Å². The highest BCUT2D eigenvalue weighted by Crippen LogP contribution is 2.39. The minimum absolute atomic E-state index is 0.256. The summed E-state index contributed by atoms with van der Waals surface area (Å²) >= 11 is 0. The molecule has 0 unspecified atom stereocenters. The number of rotatable bonds is 2. The van der Waals surface area contributed by atoms with Crippen molar-refractivity contribution in [3.8, 4) is 0 Å². The Hall–Kier alpha value is -1.74. The number of benzene rings is 1. The van der Waals surface area contributed by atoms with Crippen molar-refractivity contribution in [1.29, 1.82) is 0 Å². The predicted octanol–water partition coefficient (Wildman–Crippen LogP) is 4.34. The number of ether oxygens (including phenoxy) is 1. The Kier molecular flexibility index (Phi) is 5.47. The van der Waals surface area contributed by atoms with Gasteiger partial charge in [0.2, 0.25) is 0 Å². The van der Waals surface area contributed by atoms with Gasteiger partial charge in [-0.25, -0.2) is 4.79 Å². The van der Waals surface area contributed by atoms with Crippen LogP contribution in [-0.4, -0.2) is 48.0 Å². The normalized spacial score (nSPS) is 21.5. The fourth-order valence-corrected chi connectivity index (χ4v) is 3.44. The second-order valence-electron chi connectivity index (χ2n) is 10.0. The second-order valence-corrected chi connectivity index (χ2v) is 10.0. The minimum atomic E-state index is -4.46. The van der Waals surface area contributed by atoms with Crippen LogP contribution >= 0.6 is 0 Å². The van der Waals surface area contributed by atoms with Crippen molar-refractivity contribution < 1.29 is 32.0 Å². The molecule has 0 radical (unpaired) electrons. The fourth-order valence-electron chi connectivity index (χ4n) is 3.44. The summed E-state index contributed by atoms with van der Waals surface area (Å²) in [5.74, 6) is -0.256. The zero-order valence-corrected chi connectivity index (χ0v) is 18.5. The Morgan fingerprint density at radius 1 is 1.10 bits per heavy atom. The number of halogens is 3. The monoisotopic (exact) mass is 427 g/mol. The van der Waals surface area contributed by atoms with E-state index in [0.717, 1.165) is 12.1 Å². The van der Waals surface area contributed by atoms with Crippen LogP contribution in [0.2, 0.25) is 0 Å². The molecule has 2 aliphatic rings. The van der Waals surface area contributed by atoms with Crippen LogP contribution in [0.25, 0.3) is 0 Å². The highest BCUT2D eigenvalue weighted by molar-refractivity contribution is 6.62. The lowest BCUT2D eigenvalue weighted by molar-refractivity contribution is -0.137. The summed E-state index contributed by atoms with van der Waals surface area (Å²) in [6.07, 6.45) is -4.93. The van der Waals surface area contributed by atoms with Gasteiger partial charge in [0.15, 0.2) is 0 Å². The van der Waals surface area contributed by atoms with Crippen molar-refractivity contribution in [3.05, 3.63) is 29.3 Å². The Morgan fingerprint density at radius 3 is 2.10 bits per heavy atom. The molecule has 1 aromatic rings. The van der Waals surface area contributed by atoms with Gasteiger partial charge in [-0.2, -0.15) is 13.2 Å². The van der Waals surface area contributed by atoms with Crippen LogP contribution in [0.5, 0.6) is 0 Å². The van der Waals surface area contributed by atoms with E-state index in [9.17, 15) is 18.0 Å². The molecule has 2 aliphatic heterocycles. The third kappa shape index (κ3) is 4.47. The molecule has 0 spiro atoms. The molecule has 1 amide bonds. The number of nitrogens with zero attached hydrogens (tertiary/aromatic N) is 1. The van der Waals surface area contributed by atoms with Crippen LogP contribution < -0.4 is 5.46 Å². The van der Waals surface area contributed by atoms with E-state index >= 15 is 0 Å². The Morgan fingerprint density at radius 2 is 1.63 bits per heavy atom. The lowest BCUT2D eigenvalue weighted by Gasteiger charge is -2.41. The van der Waals surface area contributed by atoms with Crippen molar-refractivity contribution in [1.82, 2.24) is 4.90 Å². The molecule has 2 saturated heterocycles. The third-order valence-electron chi connectivity index (χ3n) is 5.89. The first-order valence-electron chi connectivity index (χ1n) is 10.0. The number of amides is 1. The van der Waals surface area contributed by atoms with E-state index in [1.807, 2.05) is 27.7 Å². The topological polar surface area (TPSA) is 48.0 Å². The molecule has 0 bridgehead atoms. The first kappa shape index (κ1) is 22.9. The van der Waals surface area contributed by atoms with E-state index in [2.05, 4.69) is 0 Å². The van der Waals surface area contributed by atoms with Crippen LogP contribution in [0.1, 0.15) is 65.5 Å². The largest absolute Gasteiger partial charge is 0.495 e. The molecule has 166 valence electrons. The summed E-state index contributed by atoms with van der Waals surface area (Å²) < 4.78 is 57.5. The second kappa shape index (κ2) is 7.16. The summed E-state index contributed by atoms with van der Waals surface area (Å²) in [4.78, 5) is 13.7. The molecular weight excluding hydrogens is 398 g/mol. The van der Waals surface area contributed by atoms with Gasteiger partial charge < -0.3 is 18.9 Å². The highest BCUT2D eigenvalue weighted by atomic mass is 19.4. The first-order chi connectivity index (χ1) is 13.5. The van der Waals surface area contributed by atoms with E-state index in [4.69, 9.17) is 14.0 Å². The fraction of sp³-hybridized carbons (Fsp3) is 0.667. The lowest BCUT2D eigenvalue weighted by atomic mass is 9.71. The molecule has 3 rings (SSSR count). The Balaban J connectivity index is 1.87. The average Bonchev–Trinajstić information content (AvgIpc) is 2.71. The maximum atomic E-state index is 13.4. The lowest BCUT2D eigenvalue weighted by Crippen LogP contribution is -2.52. The number of likely N-dealkylation sites (tertiary alicyclic amines) is 1. The SMILES string of the molecule is CC(C)(C)OC(=O)N1CC(c2cc(C(F)(F)F)ccc2B2OC(C)(C)C(C)(C)O2)C1. The van der Waals surface area contributed by atoms with Crippen LogP contribution in [0.4, 0.5) is 18.0 Å². The van der Waals surface area contributed by atoms with Crippen molar-refractivity contribution in [3.63, 3.8) is 0 Å². The quantitative estimate of drug-likeness (QED) is 0.659. The minimum Gasteiger partial charge on any atom is -0.444 e. The molecule has 9 heteroatoms. The molecule has 0 atom stereocenters. The van der Waals surface area contributed by atoms with E-state index in [-0.39, 0.29) is 19.0 Å². The van der Waals surface area contributed by atoms with Crippen LogP contribution in [0.3, 0.4) is 0 Å². The molecule has 1 aromatic carbocycles. The van der Waals surface area contributed by atoms with E-state index < -0.39 is 41.8 Å². The Labute approximate surface area is 176 Å². The number of hydrogen-bond donors (Lipinski definition) is 0. The molecule has 0 aliphatic carbocycles. The number of carbonyl (C=O) groups is 1. The summed E-state index contributed by atoms with van der Waals surface area (Å²) in [7, 11) is -0.775. The average molecular weight is 427 g/mol. The summed E-state index contributed by atoms with van der Waals surface area (Å²) in [6, 6.07) is 3.63. The van der Waals surface area contributed by atoms with Crippen molar-refractivity contribution >= 4 is 18.7 Å². The summed E-state index contributed by atoms with van der Waals surface area (Å²) in [5, 5.41) is 0. The zero-order valence-electron chi connectivity index (χ0n) is 18.5. The van der Waals surface area contributed by atoms with Gasteiger partial charge in [-0.1, -0.05) is 12.1 Å². The molecule has 0 N–H and O–H groups in total.